The summed E-state index contributed by atoms with van der Waals surface area (Å²) in [5.74, 6) is -0.780. The average Bonchev–Trinajstić information content (AvgIpc) is 2.22. The van der Waals surface area contributed by atoms with Crippen molar-refractivity contribution < 1.29 is 9.90 Å². The van der Waals surface area contributed by atoms with Gasteiger partial charge in [0.1, 0.15) is 0 Å². The van der Waals surface area contributed by atoms with Gasteiger partial charge in [-0.1, -0.05) is 35.9 Å². The van der Waals surface area contributed by atoms with E-state index in [1.165, 1.54) is 0 Å². The number of carbonyl (C=O) groups is 1. The number of hydrogen-bond donors (Lipinski definition) is 1. The van der Waals surface area contributed by atoms with Crippen LogP contribution in [-0.4, -0.2) is 11.1 Å². The number of aryl methyl sites for hydroxylation is 2. The maximum Gasteiger partial charge on any atom is 0.307 e. The van der Waals surface area contributed by atoms with Crippen LogP contribution >= 0.6 is 0 Å². The lowest BCUT2D eigenvalue weighted by Gasteiger charge is -2.09. The summed E-state index contributed by atoms with van der Waals surface area (Å²) in [6.07, 6.45) is 0.0899. The number of aliphatic carboxylic acids is 1. The topological polar surface area (TPSA) is 37.3 Å². The molecule has 0 saturated heterocycles. The predicted molar refractivity (Wildman–Crippen MR) is 64.8 cm³/mol. The first-order chi connectivity index (χ1) is 7.58. The van der Waals surface area contributed by atoms with Crippen molar-refractivity contribution in [2.24, 2.45) is 0 Å². The summed E-state index contributed by atoms with van der Waals surface area (Å²) < 4.78 is 0. The Labute approximate surface area is 94.5 Å². The van der Waals surface area contributed by atoms with Gasteiger partial charge in [-0.25, -0.2) is 0 Å². The zero-order valence-electron chi connectivity index (χ0n) is 9.45. The minimum Gasteiger partial charge on any atom is -0.481 e. The van der Waals surface area contributed by atoms with Gasteiger partial charge in [0, 0.05) is 0 Å². The molecule has 0 aliphatic heterocycles. The third-order valence-electron chi connectivity index (χ3n) is 2.85. The first-order valence-electron chi connectivity index (χ1n) is 5.28. The highest BCUT2D eigenvalue weighted by Crippen LogP contribution is 2.23. The quantitative estimate of drug-likeness (QED) is 0.834. The zero-order chi connectivity index (χ0) is 11.7. The summed E-state index contributed by atoms with van der Waals surface area (Å²) in [4.78, 5) is 10.8. The SMILES string of the molecule is Cc1ccc2ccc(C)c(CC(=O)O)c2c1. The van der Waals surface area contributed by atoms with E-state index in [9.17, 15) is 4.79 Å². The predicted octanol–water partition coefficient (Wildman–Crippen LogP) is 3.08. The van der Waals surface area contributed by atoms with Crippen molar-refractivity contribution >= 4 is 16.7 Å². The van der Waals surface area contributed by atoms with Gasteiger partial charge in [-0.15, -0.1) is 0 Å². The van der Waals surface area contributed by atoms with Crippen LogP contribution in [0.3, 0.4) is 0 Å². The van der Waals surface area contributed by atoms with Crippen LogP contribution in [0.4, 0.5) is 0 Å². The molecular formula is C14H14O2. The number of carboxylic acid groups (broad SMARTS) is 1. The summed E-state index contributed by atoms with van der Waals surface area (Å²) in [6.45, 7) is 3.98. The van der Waals surface area contributed by atoms with Crippen molar-refractivity contribution in [2.75, 3.05) is 0 Å². The molecule has 0 aromatic heterocycles. The van der Waals surface area contributed by atoms with Gasteiger partial charge in [-0.2, -0.15) is 0 Å². The van der Waals surface area contributed by atoms with E-state index in [1.807, 2.05) is 38.1 Å². The second-order valence-electron chi connectivity index (χ2n) is 4.16. The maximum absolute atomic E-state index is 10.8. The molecule has 2 rings (SSSR count). The standard InChI is InChI=1S/C14H14O2/c1-9-3-5-11-6-4-10(2)12(8-14(15)16)13(11)7-9/h3-7H,8H2,1-2H3,(H,15,16). The van der Waals surface area contributed by atoms with E-state index < -0.39 is 5.97 Å². The van der Waals surface area contributed by atoms with Crippen LogP contribution in [-0.2, 0) is 11.2 Å². The molecule has 0 amide bonds. The molecule has 0 bridgehead atoms. The van der Waals surface area contributed by atoms with Gasteiger partial charge in [-0.05, 0) is 35.7 Å². The molecular weight excluding hydrogens is 200 g/mol. The molecule has 0 aliphatic rings. The largest absolute Gasteiger partial charge is 0.481 e. The lowest BCUT2D eigenvalue weighted by molar-refractivity contribution is -0.136. The minimum absolute atomic E-state index is 0.0899. The molecule has 2 nitrogen and oxygen atoms in total. The number of carboxylic acids is 1. The highest BCUT2D eigenvalue weighted by atomic mass is 16.4. The third-order valence-corrected chi connectivity index (χ3v) is 2.85. The monoisotopic (exact) mass is 214 g/mol. The Morgan fingerprint density at radius 3 is 2.56 bits per heavy atom. The van der Waals surface area contributed by atoms with E-state index in [-0.39, 0.29) is 6.42 Å². The second-order valence-corrected chi connectivity index (χ2v) is 4.16. The van der Waals surface area contributed by atoms with Crippen LogP contribution in [0.25, 0.3) is 10.8 Å². The number of rotatable bonds is 2. The molecule has 82 valence electrons. The molecule has 1 N–H and O–H groups in total. The van der Waals surface area contributed by atoms with Crippen molar-refractivity contribution in [3.05, 3.63) is 47.0 Å². The molecule has 2 aromatic carbocycles. The Kier molecular flexibility index (Phi) is 2.65. The lowest BCUT2D eigenvalue weighted by atomic mass is 9.96. The van der Waals surface area contributed by atoms with Crippen LogP contribution in [0.15, 0.2) is 30.3 Å². The van der Waals surface area contributed by atoms with Crippen molar-refractivity contribution in [2.45, 2.75) is 20.3 Å². The summed E-state index contributed by atoms with van der Waals surface area (Å²) in [5, 5.41) is 11.1. The van der Waals surface area contributed by atoms with Crippen molar-refractivity contribution in [3.63, 3.8) is 0 Å². The molecule has 0 spiro atoms. The maximum atomic E-state index is 10.8. The molecule has 0 unspecified atom stereocenters. The van der Waals surface area contributed by atoms with Gasteiger partial charge in [0.15, 0.2) is 0 Å². The molecule has 0 radical (unpaired) electrons. The lowest BCUT2D eigenvalue weighted by Crippen LogP contribution is -2.02. The van der Waals surface area contributed by atoms with Crippen molar-refractivity contribution in [1.29, 1.82) is 0 Å². The highest BCUT2D eigenvalue weighted by molar-refractivity contribution is 5.90. The first kappa shape index (κ1) is 10.7. The molecule has 16 heavy (non-hydrogen) atoms. The third kappa shape index (κ3) is 1.91. The van der Waals surface area contributed by atoms with E-state index in [0.717, 1.165) is 27.5 Å². The number of benzene rings is 2. The van der Waals surface area contributed by atoms with Crippen LogP contribution in [0.5, 0.6) is 0 Å². The van der Waals surface area contributed by atoms with Gasteiger partial charge < -0.3 is 5.11 Å². The molecule has 0 heterocycles. The first-order valence-corrected chi connectivity index (χ1v) is 5.28. The smallest absolute Gasteiger partial charge is 0.307 e. The molecule has 0 atom stereocenters. The van der Waals surface area contributed by atoms with E-state index >= 15 is 0 Å². The highest BCUT2D eigenvalue weighted by Gasteiger charge is 2.08. The van der Waals surface area contributed by atoms with Gasteiger partial charge in [0.25, 0.3) is 0 Å². The fourth-order valence-electron chi connectivity index (χ4n) is 1.99. The Bertz CT molecular complexity index is 551. The molecule has 0 saturated carbocycles. The summed E-state index contributed by atoms with van der Waals surface area (Å²) in [7, 11) is 0. The van der Waals surface area contributed by atoms with Gasteiger partial charge in [0.05, 0.1) is 6.42 Å². The van der Waals surface area contributed by atoms with Crippen molar-refractivity contribution in [1.82, 2.24) is 0 Å². The van der Waals surface area contributed by atoms with Crippen LogP contribution < -0.4 is 0 Å². The molecule has 0 fully saturated rings. The Morgan fingerprint density at radius 2 is 1.88 bits per heavy atom. The molecule has 2 aromatic rings. The summed E-state index contributed by atoms with van der Waals surface area (Å²) in [6, 6.07) is 10.2. The van der Waals surface area contributed by atoms with Gasteiger partial charge >= 0.3 is 5.97 Å². The fraction of sp³-hybridized carbons (Fsp3) is 0.214. The van der Waals surface area contributed by atoms with E-state index in [0.29, 0.717) is 0 Å². The van der Waals surface area contributed by atoms with Crippen LogP contribution in [0, 0.1) is 13.8 Å². The fourth-order valence-corrected chi connectivity index (χ4v) is 1.99. The van der Waals surface area contributed by atoms with Crippen LogP contribution in [0.2, 0.25) is 0 Å². The Balaban J connectivity index is 2.72. The van der Waals surface area contributed by atoms with E-state index in [4.69, 9.17) is 5.11 Å². The van der Waals surface area contributed by atoms with Gasteiger partial charge in [0.2, 0.25) is 0 Å². The number of hydrogen-bond acceptors (Lipinski definition) is 1. The second kappa shape index (κ2) is 3.97. The van der Waals surface area contributed by atoms with E-state index in [2.05, 4.69) is 6.07 Å². The van der Waals surface area contributed by atoms with Crippen molar-refractivity contribution in [3.8, 4) is 0 Å². The minimum atomic E-state index is -0.780. The Hall–Kier alpha value is -1.83. The average molecular weight is 214 g/mol. The van der Waals surface area contributed by atoms with Gasteiger partial charge in [-0.3, -0.25) is 4.79 Å². The van der Waals surface area contributed by atoms with E-state index in [1.54, 1.807) is 0 Å². The summed E-state index contributed by atoms with van der Waals surface area (Å²) >= 11 is 0. The molecule has 2 heteroatoms. The number of fused-ring (bicyclic) bond motifs is 1. The Morgan fingerprint density at radius 1 is 1.19 bits per heavy atom. The van der Waals surface area contributed by atoms with Crippen LogP contribution in [0.1, 0.15) is 16.7 Å². The zero-order valence-corrected chi connectivity index (χ0v) is 9.45. The summed E-state index contributed by atoms with van der Waals surface area (Å²) in [5.41, 5.74) is 3.12. The normalized spacial score (nSPS) is 10.6. The molecule has 0 aliphatic carbocycles.